The van der Waals surface area contributed by atoms with Crippen molar-refractivity contribution >= 4 is 33.6 Å². The minimum atomic E-state index is -1.39. The van der Waals surface area contributed by atoms with E-state index in [1.165, 1.54) is 6.39 Å². The van der Waals surface area contributed by atoms with Crippen molar-refractivity contribution in [1.82, 2.24) is 30.4 Å². The molecule has 0 saturated carbocycles. The van der Waals surface area contributed by atoms with Gasteiger partial charge in [-0.3, -0.25) is 4.79 Å². The molecule has 2 atom stereocenters. The number of aliphatic hydroxyl groups excluding tert-OH is 1. The number of aryl methyl sites for hydroxylation is 1. The number of hydrogen-bond acceptors (Lipinski definition) is 8. The molecule has 0 aliphatic rings. The first kappa shape index (κ1) is 29.1. The van der Waals surface area contributed by atoms with E-state index in [-0.39, 0.29) is 18.0 Å². The number of fused-ring (bicyclic) bond motifs is 1. The second-order valence-corrected chi connectivity index (χ2v) is 11.7. The smallest absolute Gasteiger partial charge is 0.253 e. The van der Waals surface area contributed by atoms with Crippen LogP contribution in [-0.4, -0.2) is 47.1 Å². The first-order valence-corrected chi connectivity index (χ1v) is 14.7. The van der Waals surface area contributed by atoms with Crippen molar-refractivity contribution in [2.75, 3.05) is 11.3 Å². The number of benzene rings is 2. The molecule has 0 aliphatic heterocycles. The highest BCUT2D eigenvalue weighted by Gasteiger charge is 2.20. The standard InChI is InChI=1S/C30H33N7O4S/c1-30(2,33-18-26(38)21-7-6-8-24(16-21)36-42(40)25-9-4-3-5-10-25)12-14-37-13-11-22-15-23(17-31-28(22)37)29(39)32-19-27-35-34-20-41-27/h3-11,13,15-17,20,26,33,36,38H,12,14,18-19H2,1-2H3,(H,32,39). The fourth-order valence-corrected chi connectivity index (χ4v) is 5.28. The molecule has 0 bridgehead atoms. The minimum absolute atomic E-state index is 0.145. The van der Waals surface area contributed by atoms with E-state index in [2.05, 4.69) is 49.0 Å². The highest BCUT2D eigenvalue weighted by molar-refractivity contribution is 7.86. The second kappa shape index (κ2) is 13.1. The van der Waals surface area contributed by atoms with Crippen LogP contribution < -0.4 is 15.4 Å². The molecule has 3 aromatic heterocycles. The van der Waals surface area contributed by atoms with Crippen molar-refractivity contribution in [2.45, 2.75) is 49.9 Å². The maximum Gasteiger partial charge on any atom is 0.253 e. The molecule has 0 aliphatic carbocycles. The Balaban J connectivity index is 1.13. The van der Waals surface area contributed by atoms with Crippen LogP contribution >= 0.6 is 0 Å². The number of carbonyl (C=O) groups is 1. The number of β-amino-alcohol motifs (C(OH)–C–C–N with tert-alkyl or cyclic N) is 1. The average molecular weight is 588 g/mol. The molecule has 12 heteroatoms. The van der Waals surface area contributed by atoms with Crippen LogP contribution in [0.3, 0.4) is 0 Å². The molecule has 218 valence electrons. The van der Waals surface area contributed by atoms with Gasteiger partial charge in [0.25, 0.3) is 5.91 Å². The molecule has 3 heterocycles. The molecule has 0 spiro atoms. The molecule has 0 saturated heterocycles. The van der Waals surface area contributed by atoms with Crippen LogP contribution in [0.5, 0.6) is 0 Å². The number of amides is 1. The fourth-order valence-electron chi connectivity index (χ4n) is 4.41. The monoisotopic (exact) mass is 587 g/mol. The van der Waals surface area contributed by atoms with E-state index in [1.807, 2.05) is 54.7 Å². The number of nitrogens with zero attached hydrogens (tertiary/aromatic N) is 4. The van der Waals surface area contributed by atoms with Crippen molar-refractivity contribution in [2.24, 2.45) is 0 Å². The number of pyridine rings is 1. The van der Waals surface area contributed by atoms with Gasteiger partial charge in [0.05, 0.1) is 23.1 Å². The second-order valence-electron chi connectivity index (χ2n) is 10.5. The van der Waals surface area contributed by atoms with E-state index in [9.17, 15) is 14.1 Å². The Labute approximate surface area is 246 Å². The molecule has 4 N–H and O–H groups in total. The van der Waals surface area contributed by atoms with Gasteiger partial charge in [-0.15, -0.1) is 10.2 Å². The summed E-state index contributed by atoms with van der Waals surface area (Å²) in [4.78, 5) is 17.7. The van der Waals surface area contributed by atoms with E-state index in [4.69, 9.17) is 4.42 Å². The van der Waals surface area contributed by atoms with Gasteiger partial charge in [0, 0.05) is 42.1 Å². The predicted octanol–water partition coefficient (Wildman–Crippen LogP) is 3.98. The van der Waals surface area contributed by atoms with Crippen LogP contribution in [0.25, 0.3) is 11.0 Å². The lowest BCUT2D eigenvalue weighted by Gasteiger charge is -2.28. The number of anilines is 1. The summed E-state index contributed by atoms with van der Waals surface area (Å²) < 4.78 is 22.7. The number of hydrogen-bond donors (Lipinski definition) is 4. The number of rotatable bonds is 13. The minimum Gasteiger partial charge on any atom is -0.426 e. The van der Waals surface area contributed by atoms with Gasteiger partial charge < -0.3 is 29.4 Å². The molecule has 42 heavy (non-hydrogen) atoms. The highest BCUT2D eigenvalue weighted by atomic mass is 32.2. The normalized spacial score (nSPS) is 13.1. The zero-order chi connectivity index (χ0) is 29.5. The first-order valence-electron chi connectivity index (χ1n) is 13.5. The van der Waals surface area contributed by atoms with Crippen LogP contribution in [0.15, 0.2) is 94.8 Å². The SMILES string of the molecule is CC(C)(CCn1ccc2cc(C(=O)NCc3nnco3)cnc21)NCC(O)c1cccc(NS(=O)c2ccccc2)c1. The van der Waals surface area contributed by atoms with Crippen LogP contribution in [0.2, 0.25) is 0 Å². The highest BCUT2D eigenvalue weighted by Crippen LogP contribution is 2.22. The maximum atomic E-state index is 12.6. The Morgan fingerprint density at radius 3 is 2.74 bits per heavy atom. The summed E-state index contributed by atoms with van der Waals surface area (Å²) in [5, 5.41) is 25.3. The Morgan fingerprint density at radius 1 is 1.12 bits per heavy atom. The summed E-state index contributed by atoms with van der Waals surface area (Å²) in [7, 11) is -1.39. The number of carbonyl (C=O) groups excluding carboxylic acids is 1. The Kier molecular flexibility index (Phi) is 9.06. The zero-order valence-electron chi connectivity index (χ0n) is 23.4. The molecular weight excluding hydrogens is 554 g/mol. The van der Waals surface area contributed by atoms with Gasteiger partial charge in [-0.2, -0.15) is 0 Å². The number of nitrogens with one attached hydrogen (secondary N) is 3. The third kappa shape index (κ3) is 7.46. The van der Waals surface area contributed by atoms with Crippen molar-refractivity contribution in [3.05, 3.63) is 103 Å². The third-order valence-electron chi connectivity index (χ3n) is 6.86. The van der Waals surface area contributed by atoms with Crippen molar-refractivity contribution in [3.8, 4) is 0 Å². The van der Waals surface area contributed by atoms with Gasteiger partial charge in [-0.1, -0.05) is 30.3 Å². The van der Waals surface area contributed by atoms with Gasteiger partial charge in [-0.25, -0.2) is 9.19 Å². The third-order valence-corrected chi connectivity index (χ3v) is 7.98. The molecule has 0 fully saturated rings. The maximum absolute atomic E-state index is 12.6. The summed E-state index contributed by atoms with van der Waals surface area (Å²) in [6.45, 7) is 5.37. The molecule has 0 radical (unpaired) electrons. The van der Waals surface area contributed by atoms with Gasteiger partial charge in [0.1, 0.15) is 16.6 Å². The van der Waals surface area contributed by atoms with Crippen LogP contribution in [0.1, 0.15) is 48.2 Å². The molecule has 2 unspecified atom stereocenters. The number of aliphatic hydroxyl groups is 1. The molecule has 5 rings (SSSR count). The largest absolute Gasteiger partial charge is 0.426 e. The predicted molar refractivity (Wildman–Crippen MR) is 160 cm³/mol. The summed E-state index contributed by atoms with van der Waals surface area (Å²) in [5.41, 5.74) is 2.35. The van der Waals surface area contributed by atoms with Crippen LogP contribution in [0, 0.1) is 0 Å². The quantitative estimate of drug-likeness (QED) is 0.162. The van der Waals surface area contributed by atoms with Gasteiger partial charge in [0.15, 0.2) is 0 Å². The van der Waals surface area contributed by atoms with E-state index < -0.39 is 17.1 Å². The summed E-state index contributed by atoms with van der Waals surface area (Å²) in [5.74, 6) is 0.0550. The van der Waals surface area contributed by atoms with Gasteiger partial charge >= 0.3 is 0 Å². The Morgan fingerprint density at radius 2 is 1.95 bits per heavy atom. The molecule has 2 aromatic carbocycles. The Hall–Kier alpha value is -4.39. The topological polar surface area (TPSA) is 147 Å². The van der Waals surface area contributed by atoms with E-state index >= 15 is 0 Å². The summed E-state index contributed by atoms with van der Waals surface area (Å²) >= 11 is 0. The average Bonchev–Trinajstić information content (AvgIpc) is 3.68. The van der Waals surface area contributed by atoms with Crippen molar-refractivity contribution < 1.29 is 18.5 Å². The van der Waals surface area contributed by atoms with E-state index in [1.54, 1.807) is 24.4 Å². The molecule has 11 nitrogen and oxygen atoms in total. The molecule has 5 aromatic rings. The lowest BCUT2D eigenvalue weighted by Crippen LogP contribution is -2.42. The van der Waals surface area contributed by atoms with Crippen molar-refractivity contribution in [1.29, 1.82) is 0 Å². The van der Waals surface area contributed by atoms with Gasteiger partial charge in [-0.05, 0) is 62.2 Å². The van der Waals surface area contributed by atoms with Crippen LogP contribution in [0.4, 0.5) is 5.69 Å². The van der Waals surface area contributed by atoms with Gasteiger partial charge in [0.2, 0.25) is 12.3 Å². The Bertz CT molecular complexity index is 1660. The van der Waals surface area contributed by atoms with E-state index in [0.717, 1.165) is 23.0 Å². The zero-order valence-corrected chi connectivity index (χ0v) is 24.2. The summed E-state index contributed by atoms with van der Waals surface area (Å²) in [6.07, 6.45) is 4.76. The lowest BCUT2D eigenvalue weighted by atomic mass is 9.99. The lowest BCUT2D eigenvalue weighted by molar-refractivity contribution is 0.0947. The number of aromatic nitrogens is 4. The summed E-state index contributed by atoms with van der Waals surface area (Å²) in [6, 6.07) is 20.3. The van der Waals surface area contributed by atoms with Crippen LogP contribution in [-0.2, 0) is 24.1 Å². The first-order chi connectivity index (χ1) is 20.3. The van der Waals surface area contributed by atoms with Crippen molar-refractivity contribution in [3.63, 3.8) is 0 Å². The van der Waals surface area contributed by atoms with E-state index in [0.29, 0.717) is 35.1 Å². The molecule has 1 amide bonds. The fraction of sp³-hybridized carbons (Fsp3) is 0.267. The molecular formula is C30H33N7O4S.